The Labute approximate surface area is 124 Å². The molecular weight excluding hydrogens is 331 g/mol. The zero-order valence-electron chi connectivity index (χ0n) is 10.4. The van der Waals surface area contributed by atoms with E-state index in [1.165, 1.54) is 6.07 Å². The first-order valence-corrected chi connectivity index (χ1v) is 6.84. The predicted octanol–water partition coefficient (Wildman–Crippen LogP) is 5.09. The molecule has 0 aliphatic heterocycles. The van der Waals surface area contributed by atoms with Gasteiger partial charge in [0.1, 0.15) is 5.82 Å². The molecule has 98 valence electrons. The molecule has 0 atom stereocenters. The lowest BCUT2D eigenvalue weighted by molar-refractivity contribution is 0.103. The van der Waals surface area contributed by atoms with Gasteiger partial charge in [0.25, 0.3) is 0 Å². The van der Waals surface area contributed by atoms with Crippen LogP contribution in [0.15, 0.2) is 34.8 Å². The van der Waals surface area contributed by atoms with Crippen molar-refractivity contribution < 1.29 is 9.18 Å². The highest BCUT2D eigenvalue weighted by Crippen LogP contribution is 2.25. The van der Waals surface area contributed by atoms with Crippen LogP contribution in [0.25, 0.3) is 0 Å². The summed E-state index contributed by atoms with van der Waals surface area (Å²) in [6, 6.07) is 8.09. The smallest absolute Gasteiger partial charge is 0.196 e. The third kappa shape index (κ3) is 2.72. The fourth-order valence-electron chi connectivity index (χ4n) is 1.85. The van der Waals surface area contributed by atoms with E-state index in [4.69, 9.17) is 11.6 Å². The Kier molecular flexibility index (Phi) is 4.07. The van der Waals surface area contributed by atoms with Gasteiger partial charge in [-0.2, -0.15) is 0 Å². The van der Waals surface area contributed by atoms with Crippen molar-refractivity contribution in [2.75, 3.05) is 0 Å². The Bertz CT molecular complexity index is 667. The number of aryl methyl sites for hydroxylation is 2. The van der Waals surface area contributed by atoms with Crippen molar-refractivity contribution in [2.24, 2.45) is 0 Å². The Hall–Kier alpha value is -1.19. The van der Waals surface area contributed by atoms with E-state index in [-0.39, 0.29) is 15.8 Å². The van der Waals surface area contributed by atoms with Crippen molar-refractivity contribution in [3.63, 3.8) is 0 Å². The molecule has 0 fully saturated rings. The molecule has 0 radical (unpaired) electrons. The minimum Gasteiger partial charge on any atom is -0.288 e. The lowest BCUT2D eigenvalue weighted by Crippen LogP contribution is -2.07. The number of rotatable bonds is 2. The lowest BCUT2D eigenvalue weighted by atomic mass is 9.97. The molecule has 0 amide bonds. The molecule has 0 saturated carbocycles. The van der Waals surface area contributed by atoms with E-state index < -0.39 is 5.82 Å². The fourth-order valence-corrected chi connectivity index (χ4v) is 2.43. The molecule has 0 spiro atoms. The van der Waals surface area contributed by atoms with Crippen LogP contribution in [-0.2, 0) is 0 Å². The van der Waals surface area contributed by atoms with Crippen LogP contribution in [0, 0.1) is 19.7 Å². The Balaban J connectivity index is 2.56. The first-order chi connectivity index (χ1) is 8.91. The monoisotopic (exact) mass is 340 g/mol. The van der Waals surface area contributed by atoms with Gasteiger partial charge in [0.15, 0.2) is 5.78 Å². The first kappa shape index (κ1) is 14.2. The summed E-state index contributed by atoms with van der Waals surface area (Å²) in [4.78, 5) is 12.4. The Morgan fingerprint density at radius 1 is 1.16 bits per heavy atom. The minimum atomic E-state index is -0.542. The highest BCUT2D eigenvalue weighted by molar-refractivity contribution is 9.10. The van der Waals surface area contributed by atoms with Gasteiger partial charge in [-0.25, -0.2) is 4.39 Å². The number of carbonyl (C=O) groups excluding carboxylic acids is 1. The van der Waals surface area contributed by atoms with Gasteiger partial charge in [-0.1, -0.05) is 17.7 Å². The number of hydrogen-bond acceptors (Lipinski definition) is 1. The lowest BCUT2D eigenvalue weighted by Gasteiger charge is -2.09. The van der Waals surface area contributed by atoms with E-state index in [0.29, 0.717) is 10.6 Å². The van der Waals surface area contributed by atoms with Gasteiger partial charge >= 0.3 is 0 Å². The summed E-state index contributed by atoms with van der Waals surface area (Å²) in [6.07, 6.45) is 0. The number of ketones is 1. The summed E-state index contributed by atoms with van der Waals surface area (Å²) in [5.74, 6) is -0.879. The average molecular weight is 342 g/mol. The van der Waals surface area contributed by atoms with E-state index in [1.54, 1.807) is 31.2 Å². The highest BCUT2D eigenvalue weighted by Gasteiger charge is 2.18. The number of halogens is 3. The Morgan fingerprint density at radius 3 is 2.53 bits per heavy atom. The third-order valence-corrected chi connectivity index (χ3v) is 3.97. The molecule has 1 nitrogen and oxygen atoms in total. The van der Waals surface area contributed by atoms with Gasteiger partial charge in [-0.05, 0) is 65.2 Å². The molecule has 19 heavy (non-hydrogen) atoms. The van der Waals surface area contributed by atoms with Crippen LogP contribution >= 0.6 is 27.5 Å². The second kappa shape index (κ2) is 5.43. The minimum absolute atomic E-state index is 0.0548. The van der Waals surface area contributed by atoms with E-state index in [2.05, 4.69) is 15.9 Å². The summed E-state index contributed by atoms with van der Waals surface area (Å²) >= 11 is 9.08. The fraction of sp³-hybridized carbons (Fsp3) is 0.133. The van der Waals surface area contributed by atoms with Gasteiger partial charge in [0.05, 0.1) is 10.0 Å². The Morgan fingerprint density at radius 2 is 1.84 bits per heavy atom. The van der Waals surface area contributed by atoms with Crippen molar-refractivity contribution in [3.05, 3.63) is 67.9 Å². The highest BCUT2D eigenvalue weighted by atomic mass is 79.9. The summed E-state index contributed by atoms with van der Waals surface area (Å²) in [6.45, 7) is 3.60. The normalized spacial score (nSPS) is 10.6. The molecule has 0 unspecified atom stereocenters. The van der Waals surface area contributed by atoms with Crippen LogP contribution in [0.2, 0.25) is 5.02 Å². The van der Waals surface area contributed by atoms with Gasteiger partial charge in [-0.3, -0.25) is 4.79 Å². The number of hydrogen-bond donors (Lipinski definition) is 0. The SMILES string of the molecule is Cc1cc(C(=O)c2cccc(Br)c2F)c(C)cc1Cl. The maximum Gasteiger partial charge on any atom is 0.196 e. The second-order valence-corrected chi connectivity index (χ2v) is 5.61. The van der Waals surface area contributed by atoms with Crippen molar-refractivity contribution in [2.45, 2.75) is 13.8 Å². The summed E-state index contributed by atoms with van der Waals surface area (Å²) in [5, 5.41) is 0.601. The molecule has 0 saturated heterocycles. The van der Waals surface area contributed by atoms with E-state index in [1.807, 2.05) is 6.92 Å². The topological polar surface area (TPSA) is 17.1 Å². The maximum atomic E-state index is 14.0. The molecule has 2 aromatic rings. The van der Waals surface area contributed by atoms with Crippen molar-refractivity contribution >= 4 is 33.3 Å². The summed E-state index contributed by atoms with van der Waals surface area (Å²) < 4.78 is 14.2. The van der Waals surface area contributed by atoms with Crippen LogP contribution in [0.4, 0.5) is 4.39 Å². The predicted molar refractivity (Wildman–Crippen MR) is 78.5 cm³/mol. The van der Waals surface area contributed by atoms with E-state index in [0.717, 1.165) is 11.1 Å². The maximum absolute atomic E-state index is 14.0. The molecule has 0 aliphatic rings. The average Bonchev–Trinajstić information content (AvgIpc) is 2.36. The van der Waals surface area contributed by atoms with Crippen molar-refractivity contribution in [1.29, 1.82) is 0 Å². The molecule has 2 aromatic carbocycles. The second-order valence-electron chi connectivity index (χ2n) is 4.35. The largest absolute Gasteiger partial charge is 0.288 e. The zero-order valence-corrected chi connectivity index (χ0v) is 12.8. The van der Waals surface area contributed by atoms with E-state index in [9.17, 15) is 9.18 Å². The molecule has 0 heterocycles. The van der Waals surface area contributed by atoms with Gasteiger partial charge in [0, 0.05) is 10.6 Å². The zero-order chi connectivity index (χ0) is 14.2. The molecule has 2 rings (SSSR count). The van der Waals surface area contributed by atoms with Crippen LogP contribution in [0.5, 0.6) is 0 Å². The third-order valence-electron chi connectivity index (χ3n) is 2.95. The molecule has 4 heteroatoms. The van der Waals surface area contributed by atoms with Gasteiger partial charge < -0.3 is 0 Å². The van der Waals surface area contributed by atoms with Crippen LogP contribution in [0.3, 0.4) is 0 Å². The molecular formula is C15H11BrClFO. The van der Waals surface area contributed by atoms with Gasteiger partial charge in [0.2, 0.25) is 0 Å². The number of carbonyl (C=O) groups is 1. The number of benzene rings is 2. The first-order valence-electron chi connectivity index (χ1n) is 5.67. The van der Waals surface area contributed by atoms with Gasteiger partial charge in [-0.15, -0.1) is 0 Å². The standard InChI is InChI=1S/C15H11BrClFO/c1-8-7-13(17)9(2)6-11(8)15(19)10-4-3-5-12(16)14(10)18/h3-7H,1-2H3. The van der Waals surface area contributed by atoms with Crippen LogP contribution in [-0.4, -0.2) is 5.78 Å². The van der Waals surface area contributed by atoms with Crippen molar-refractivity contribution in [1.82, 2.24) is 0 Å². The van der Waals surface area contributed by atoms with Crippen LogP contribution < -0.4 is 0 Å². The summed E-state index contributed by atoms with van der Waals surface area (Å²) in [5.41, 5.74) is 2.06. The summed E-state index contributed by atoms with van der Waals surface area (Å²) in [7, 11) is 0. The van der Waals surface area contributed by atoms with Crippen molar-refractivity contribution in [3.8, 4) is 0 Å². The van der Waals surface area contributed by atoms with E-state index >= 15 is 0 Å². The molecule has 0 bridgehead atoms. The molecule has 0 aromatic heterocycles. The quantitative estimate of drug-likeness (QED) is 0.695. The van der Waals surface area contributed by atoms with Crippen LogP contribution in [0.1, 0.15) is 27.0 Å². The molecule has 0 aliphatic carbocycles. The molecule has 0 N–H and O–H groups in total.